The first-order valence-corrected chi connectivity index (χ1v) is 8.21. The molecule has 2 fully saturated rings. The number of likely N-dealkylation sites (tertiary alicyclic amines) is 1. The highest BCUT2D eigenvalue weighted by Crippen LogP contribution is 2.28. The predicted molar refractivity (Wildman–Crippen MR) is 75.4 cm³/mol. The molecule has 5 nitrogen and oxygen atoms in total. The predicted octanol–water partition coefficient (Wildman–Crippen LogP) is 1.78. The number of carbonyl (C=O) groups is 2. The van der Waals surface area contributed by atoms with Crippen LogP contribution in [0.4, 0.5) is 4.79 Å². The molecule has 0 aromatic heterocycles. The lowest BCUT2D eigenvalue weighted by Crippen LogP contribution is -2.50. The van der Waals surface area contributed by atoms with Gasteiger partial charge in [-0.25, -0.2) is 4.79 Å². The number of hydrogen-bond donors (Lipinski definition) is 2. The molecular weight excluding hydrogens is 264 g/mol. The van der Waals surface area contributed by atoms with Gasteiger partial charge < -0.3 is 15.3 Å². The van der Waals surface area contributed by atoms with Gasteiger partial charge in [0.1, 0.15) is 0 Å². The molecule has 2 rings (SSSR count). The summed E-state index contributed by atoms with van der Waals surface area (Å²) in [7, 11) is 0. The number of piperidine rings is 1. The smallest absolute Gasteiger partial charge is 0.317 e. The van der Waals surface area contributed by atoms with E-state index in [0.717, 1.165) is 25.7 Å². The van der Waals surface area contributed by atoms with Gasteiger partial charge in [0.2, 0.25) is 0 Å². The molecule has 2 unspecified atom stereocenters. The van der Waals surface area contributed by atoms with Gasteiger partial charge >= 0.3 is 12.0 Å². The van der Waals surface area contributed by atoms with Gasteiger partial charge in [0.25, 0.3) is 0 Å². The molecule has 3 atom stereocenters. The Bertz CT molecular complexity index is 351. The summed E-state index contributed by atoms with van der Waals surface area (Å²) in [6.07, 6.45) is 6.89. The van der Waals surface area contributed by atoms with E-state index in [0.29, 0.717) is 24.8 Å². The van der Waals surface area contributed by atoms with E-state index >= 15 is 0 Å². The summed E-state index contributed by atoms with van der Waals surface area (Å²) in [5, 5.41) is 12.6. The fourth-order valence-electron chi connectivity index (χ4n) is 2.99. The standard InChI is InChI=1S/C13H22N2O3S/c1-19-11-6-2-5-10(11)14-13(18)15-7-3-4-9(8-15)12(16)17/h9-11H,2-8H2,1H3,(H,14,18)(H,16,17)/t9-,10?,11?/m1/s1. The number of nitrogens with one attached hydrogen (secondary N) is 1. The maximum absolute atomic E-state index is 12.2. The Labute approximate surface area is 118 Å². The molecule has 108 valence electrons. The van der Waals surface area contributed by atoms with Crippen molar-refractivity contribution >= 4 is 23.8 Å². The maximum Gasteiger partial charge on any atom is 0.317 e. The fraction of sp³-hybridized carbons (Fsp3) is 0.846. The Balaban J connectivity index is 1.87. The van der Waals surface area contributed by atoms with Crippen molar-refractivity contribution in [3.05, 3.63) is 0 Å². The normalized spacial score (nSPS) is 31.2. The van der Waals surface area contributed by atoms with E-state index in [1.165, 1.54) is 0 Å². The van der Waals surface area contributed by atoms with Gasteiger partial charge in [-0.05, 0) is 31.9 Å². The van der Waals surface area contributed by atoms with Crippen molar-refractivity contribution in [2.75, 3.05) is 19.3 Å². The molecule has 1 saturated carbocycles. The van der Waals surface area contributed by atoms with Crippen LogP contribution in [0.25, 0.3) is 0 Å². The molecule has 19 heavy (non-hydrogen) atoms. The number of nitrogens with zero attached hydrogens (tertiary/aromatic N) is 1. The average Bonchev–Trinajstić information content (AvgIpc) is 2.86. The van der Waals surface area contributed by atoms with E-state index in [4.69, 9.17) is 5.11 Å². The van der Waals surface area contributed by atoms with Gasteiger partial charge in [0, 0.05) is 24.4 Å². The highest BCUT2D eigenvalue weighted by molar-refractivity contribution is 7.99. The third-order valence-corrected chi connectivity index (χ3v) is 5.29. The van der Waals surface area contributed by atoms with E-state index in [-0.39, 0.29) is 12.1 Å². The summed E-state index contributed by atoms with van der Waals surface area (Å²) in [6.45, 7) is 1.02. The van der Waals surface area contributed by atoms with Gasteiger partial charge in [0.15, 0.2) is 0 Å². The zero-order valence-corrected chi connectivity index (χ0v) is 12.1. The lowest BCUT2D eigenvalue weighted by molar-refractivity contribution is -0.143. The second-order valence-corrected chi connectivity index (χ2v) is 6.46. The number of aliphatic carboxylic acids is 1. The first-order chi connectivity index (χ1) is 9.11. The molecule has 1 heterocycles. The lowest BCUT2D eigenvalue weighted by Gasteiger charge is -2.32. The Kier molecular flexibility index (Phi) is 4.96. The molecule has 0 aromatic rings. The molecule has 2 aliphatic rings. The number of carbonyl (C=O) groups excluding carboxylic acids is 1. The summed E-state index contributed by atoms with van der Waals surface area (Å²) in [5.41, 5.74) is 0. The minimum Gasteiger partial charge on any atom is -0.481 e. The minimum absolute atomic E-state index is 0.0862. The number of carboxylic acid groups (broad SMARTS) is 1. The lowest BCUT2D eigenvalue weighted by atomic mass is 9.99. The van der Waals surface area contributed by atoms with E-state index in [1.54, 1.807) is 4.90 Å². The maximum atomic E-state index is 12.2. The van der Waals surface area contributed by atoms with Crippen LogP contribution in [-0.2, 0) is 4.79 Å². The zero-order valence-electron chi connectivity index (χ0n) is 11.3. The van der Waals surface area contributed by atoms with Crippen molar-refractivity contribution in [3.8, 4) is 0 Å². The number of urea groups is 1. The van der Waals surface area contributed by atoms with Crippen LogP contribution in [0.15, 0.2) is 0 Å². The molecule has 0 aromatic carbocycles. The Hall–Kier alpha value is -0.910. The number of hydrogen-bond acceptors (Lipinski definition) is 3. The SMILES string of the molecule is CSC1CCCC1NC(=O)N1CCC[C@@H](C(=O)O)C1. The topological polar surface area (TPSA) is 69.6 Å². The van der Waals surface area contributed by atoms with Crippen LogP contribution in [0, 0.1) is 5.92 Å². The summed E-state index contributed by atoms with van der Waals surface area (Å²) in [5.74, 6) is -1.19. The van der Waals surface area contributed by atoms with Crippen molar-refractivity contribution < 1.29 is 14.7 Å². The number of rotatable bonds is 3. The van der Waals surface area contributed by atoms with Crippen LogP contribution in [0.5, 0.6) is 0 Å². The monoisotopic (exact) mass is 286 g/mol. The van der Waals surface area contributed by atoms with Gasteiger partial charge in [-0.2, -0.15) is 11.8 Å². The van der Waals surface area contributed by atoms with Crippen LogP contribution >= 0.6 is 11.8 Å². The number of carboxylic acids is 1. The van der Waals surface area contributed by atoms with Crippen molar-refractivity contribution in [3.63, 3.8) is 0 Å². The third-order valence-electron chi connectivity index (χ3n) is 4.12. The number of thioether (sulfide) groups is 1. The molecule has 1 aliphatic carbocycles. The number of amides is 2. The second kappa shape index (κ2) is 6.50. The molecule has 1 saturated heterocycles. The summed E-state index contributed by atoms with van der Waals surface area (Å²) in [4.78, 5) is 24.9. The van der Waals surface area contributed by atoms with Crippen LogP contribution in [0.3, 0.4) is 0 Å². The molecule has 2 amide bonds. The molecule has 0 spiro atoms. The molecule has 0 radical (unpaired) electrons. The van der Waals surface area contributed by atoms with Crippen LogP contribution < -0.4 is 5.32 Å². The van der Waals surface area contributed by atoms with Crippen LogP contribution in [0.1, 0.15) is 32.1 Å². The summed E-state index contributed by atoms with van der Waals surface area (Å²) >= 11 is 1.81. The fourth-order valence-corrected chi connectivity index (χ4v) is 3.92. The van der Waals surface area contributed by atoms with Crippen molar-refractivity contribution in [2.45, 2.75) is 43.4 Å². The highest BCUT2D eigenvalue weighted by atomic mass is 32.2. The Morgan fingerprint density at radius 3 is 2.74 bits per heavy atom. The highest BCUT2D eigenvalue weighted by Gasteiger charge is 2.32. The van der Waals surface area contributed by atoms with Gasteiger partial charge in [-0.3, -0.25) is 4.79 Å². The van der Waals surface area contributed by atoms with E-state index in [9.17, 15) is 9.59 Å². The van der Waals surface area contributed by atoms with E-state index < -0.39 is 11.9 Å². The second-order valence-electron chi connectivity index (χ2n) is 5.38. The third kappa shape index (κ3) is 3.55. The largest absolute Gasteiger partial charge is 0.481 e. The average molecular weight is 286 g/mol. The minimum atomic E-state index is -0.791. The zero-order chi connectivity index (χ0) is 13.8. The summed E-state index contributed by atoms with van der Waals surface area (Å²) in [6, 6.07) is 0.157. The van der Waals surface area contributed by atoms with Crippen LogP contribution in [0.2, 0.25) is 0 Å². The first-order valence-electron chi connectivity index (χ1n) is 6.93. The van der Waals surface area contributed by atoms with Crippen LogP contribution in [-0.4, -0.2) is 52.6 Å². The van der Waals surface area contributed by atoms with Crippen molar-refractivity contribution in [2.24, 2.45) is 5.92 Å². The van der Waals surface area contributed by atoms with Gasteiger partial charge in [-0.15, -0.1) is 0 Å². The molecule has 6 heteroatoms. The Morgan fingerprint density at radius 1 is 1.26 bits per heavy atom. The van der Waals surface area contributed by atoms with Crippen molar-refractivity contribution in [1.29, 1.82) is 0 Å². The molecular formula is C13H22N2O3S. The van der Waals surface area contributed by atoms with Gasteiger partial charge in [-0.1, -0.05) is 6.42 Å². The van der Waals surface area contributed by atoms with E-state index in [1.807, 2.05) is 11.8 Å². The van der Waals surface area contributed by atoms with E-state index in [2.05, 4.69) is 11.6 Å². The molecule has 2 N–H and O–H groups in total. The van der Waals surface area contributed by atoms with Crippen molar-refractivity contribution in [1.82, 2.24) is 10.2 Å². The quantitative estimate of drug-likeness (QED) is 0.829. The first kappa shape index (κ1) is 14.5. The molecule has 0 bridgehead atoms. The molecule has 1 aliphatic heterocycles. The Morgan fingerprint density at radius 2 is 2.05 bits per heavy atom. The van der Waals surface area contributed by atoms with Gasteiger partial charge in [0.05, 0.1) is 5.92 Å². The summed E-state index contributed by atoms with van der Waals surface area (Å²) < 4.78 is 0.